The zero-order valence-corrected chi connectivity index (χ0v) is 5.76. The Bertz CT molecular complexity index is 110. The number of allylic oxidation sites excluding steroid dienone is 1. The molecule has 0 heterocycles. The zero-order chi connectivity index (χ0) is 7.11. The first-order chi connectivity index (χ1) is 4.31. The molecule has 0 aliphatic rings. The van der Waals surface area contributed by atoms with Crippen LogP contribution in [-0.2, 0) is 9.88 Å². The molecule has 0 aromatic carbocycles. The van der Waals surface area contributed by atoms with Gasteiger partial charge in [0.15, 0.2) is 0 Å². The number of rotatable bonds is 4. The molecule has 0 bridgehead atoms. The molecule has 0 rings (SSSR count). The smallest absolute Gasteiger partial charge is 0.0856 e. The van der Waals surface area contributed by atoms with Crippen LogP contribution in [0.25, 0.3) is 0 Å². The molecule has 3 heteroatoms. The van der Waals surface area contributed by atoms with Crippen LogP contribution in [0.15, 0.2) is 17.3 Å². The normalized spacial score (nSPS) is 10.0. The molecule has 52 valence electrons. The Morgan fingerprint density at radius 2 is 2.44 bits per heavy atom. The van der Waals surface area contributed by atoms with Gasteiger partial charge in [0.25, 0.3) is 0 Å². The van der Waals surface area contributed by atoms with Gasteiger partial charge in [-0.2, -0.15) is 4.89 Å². The summed E-state index contributed by atoms with van der Waals surface area (Å²) in [5, 5.41) is 3.41. The van der Waals surface area contributed by atoms with Crippen LogP contribution >= 0.6 is 0 Å². The van der Waals surface area contributed by atoms with Crippen molar-refractivity contribution < 1.29 is 9.88 Å². The van der Waals surface area contributed by atoms with Crippen LogP contribution in [-0.4, -0.2) is 13.3 Å². The average molecular weight is 129 g/mol. The summed E-state index contributed by atoms with van der Waals surface area (Å²) in [5.74, 6) is 0. The summed E-state index contributed by atoms with van der Waals surface area (Å²) in [7, 11) is 1.39. The Kier molecular flexibility index (Phi) is 4.82. The van der Waals surface area contributed by atoms with E-state index in [1.54, 1.807) is 0 Å². The number of hydrogen-bond acceptors (Lipinski definition) is 3. The van der Waals surface area contributed by atoms with Gasteiger partial charge in [-0.3, -0.25) is 0 Å². The van der Waals surface area contributed by atoms with Crippen molar-refractivity contribution in [3.63, 3.8) is 0 Å². The van der Waals surface area contributed by atoms with Crippen molar-refractivity contribution in [1.82, 2.24) is 0 Å². The van der Waals surface area contributed by atoms with Crippen LogP contribution in [0.1, 0.15) is 13.3 Å². The second kappa shape index (κ2) is 5.31. The van der Waals surface area contributed by atoms with Gasteiger partial charge in [0.05, 0.1) is 13.3 Å². The summed E-state index contributed by atoms with van der Waals surface area (Å²) in [4.78, 5) is 8.41. The van der Waals surface area contributed by atoms with Gasteiger partial charge in [0.2, 0.25) is 0 Å². The molecule has 0 amide bonds. The fraction of sp³-hybridized carbons (Fsp3) is 0.500. The highest BCUT2D eigenvalue weighted by Gasteiger charge is 1.80. The van der Waals surface area contributed by atoms with Gasteiger partial charge in [-0.15, -0.1) is 0 Å². The molecule has 0 fully saturated rings. The second-order valence-electron chi connectivity index (χ2n) is 1.49. The Balaban J connectivity index is 3.32. The molecule has 0 N–H and O–H groups in total. The Labute approximate surface area is 54.9 Å². The molecule has 0 saturated heterocycles. The minimum Gasteiger partial charge on any atom is -0.221 e. The first-order valence-corrected chi connectivity index (χ1v) is 2.72. The molecular formula is C6H11NO2. The standard InChI is InChI=1S/C6H11NO2/c1-4-6(2)5-7-9-8-3/h5H,2,4H2,1,3H3. The second-order valence-corrected chi connectivity index (χ2v) is 1.49. The van der Waals surface area contributed by atoms with E-state index in [2.05, 4.69) is 21.6 Å². The third-order valence-electron chi connectivity index (χ3n) is 0.807. The van der Waals surface area contributed by atoms with Gasteiger partial charge in [-0.05, 0) is 12.0 Å². The van der Waals surface area contributed by atoms with Crippen LogP contribution in [0.5, 0.6) is 0 Å². The fourth-order valence-electron chi connectivity index (χ4n) is 0.230. The van der Waals surface area contributed by atoms with Crippen molar-refractivity contribution in [1.29, 1.82) is 0 Å². The minimum atomic E-state index is 0.872. The van der Waals surface area contributed by atoms with Gasteiger partial charge < -0.3 is 0 Å². The lowest BCUT2D eigenvalue weighted by Crippen LogP contribution is -1.82. The zero-order valence-electron chi connectivity index (χ0n) is 5.76. The molecular weight excluding hydrogens is 118 g/mol. The molecule has 0 radical (unpaired) electrons. The van der Waals surface area contributed by atoms with Crippen LogP contribution in [0.3, 0.4) is 0 Å². The topological polar surface area (TPSA) is 30.8 Å². The van der Waals surface area contributed by atoms with E-state index in [1.807, 2.05) is 6.92 Å². The first-order valence-electron chi connectivity index (χ1n) is 2.72. The number of nitrogens with zero attached hydrogens (tertiary/aromatic N) is 1. The summed E-state index contributed by atoms with van der Waals surface area (Å²) in [6, 6.07) is 0. The van der Waals surface area contributed by atoms with Gasteiger partial charge in [-0.25, -0.2) is 4.99 Å². The maximum Gasteiger partial charge on any atom is 0.0856 e. The minimum absolute atomic E-state index is 0.872. The van der Waals surface area contributed by atoms with E-state index in [0.29, 0.717) is 0 Å². The fourth-order valence-corrected chi connectivity index (χ4v) is 0.230. The summed E-state index contributed by atoms with van der Waals surface area (Å²) in [5.41, 5.74) is 0.909. The van der Waals surface area contributed by atoms with E-state index >= 15 is 0 Å². The Morgan fingerprint density at radius 3 is 2.89 bits per heavy atom. The highest BCUT2D eigenvalue weighted by molar-refractivity contribution is 5.76. The van der Waals surface area contributed by atoms with Gasteiger partial charge in [0, 0.05) is 0 Å². The number of oxime groups is 1. The molecule has 0 aliphatic carbocycles. The SMILES string of the molecule is C=C(C=NOOC)CC. The lowest BCUT2D eigenvalue weighted by atomic mass is 10.3. The molecule has 0 atom stereocenters. The van der Waals surface area contributed by atoms with Crippen molar-refractivity contribution in [3.05, 3.63) is 12.2 Å². The third-order valence-corrected chi connectivity index (χ3v) is 0.807. The molecule has 0 unspecified atom stereocenters. The van der Waals surface area contributed by atoms with Crippen LogP contribution < -0.4 is 0 Å². The summed E-state index contributed by atoms with van der Waals surface area (Å²) in [6.45, 7) is 5.65. The van der Waals surface area contributed by atoms with Gasteiger partial charge >= 0.3 is 0 Å². The molecule has 9 heavy (non-hydrogen) atoms. The Hall–Kier alpha value is -0.830. The molecule has 0 aliphatic heterocycles. The van der Waals surface area contributed by atoms with E-state index in [1.165, 1.54) is 13.3 Å². The van der Waals surface area contributed by atoms with Crippen LogP contribution in [0.2, 0.25) is 0 Å². The van der Waals surface area contributed by atoms with Gasteiger partial charge in [-0.1, -0.05) is 18.7 Å². The van der Waals surface area contributed by atoms with Crippen molar-refractivity contribution in [2.75, 3.05) is 7.11 Å². The summed E-state index contributed by atoms with van der Waals surface area (Å²) in [6.07, 6.45) is 2.39. The maximum absolute atomic E-state index is 4.21. The van der Waals surface area contributed by atoms with Crippen LogP contribution in [0.4, 0.5) is 0 Å². The molecule has 0 spiro atoms. The number of hydrogen-bond donors (Lipinski definition) is 0. The maximum atomic E-state index is 4.21. The third kappa shape index (κ3) is 5.03. The van der Waals surface area contributed by atoms with E-state index in [9.17, 15) is 0 Å². The molecule has 3 nitrogen and oxygen atoms in total. The van der Waals surface area contributed by atoms with E-state index in [0.717, 1.165) is 12.0 Å². The van der Waals surface area contributed by atoms with Crippen molar-refractivity contribution >= 4 is 6.21 Å². The average Bonchev–Trinajstić information content (AvgIpc) is 1.89. The van der Waals surface area contributed by atoms with Crippen molar-refractivity contribution in [3.8, 4) is 0 Å². The summed E-state index contributed by atoms with van der Waals surface area (Å²) < 4.78 is 0. The first kappa shape index (κ1) is 8.17. The Morgan fingerprint density at radius 1 is 1.78 bits per heavy atom. The molecule has 0 aromatic heterocycles. The largest absolute Gasteiger partial charge is 0.221 e. The lowest BCUT2D eigenvalue weighted by Gasteiger charge is -1.89. The highest BCUT2D eigenvalue weighted by atomic mass is 17.3. The van der Waals surface area contributed by atoms with Gasteiger partial charge in [0.1, 0.15) is 0 Å². The molecule has 0 saturated carbocycles. The van der Waals surface area contributed by atoms with Crippen LogP contribution in [0, 0.1) is 0 Å². The van der Waals surface area contributed by atoms with E-state index in [-0.39, 0.29) is 0 Å². The van der Waals surface area contributed by atoms with E-state index < -0.39 is 0 Å². The van der Waals surface area contributed by atoms with E-state index in [4.69, 9.17) is 0 Å². The molecule has 0 aromatic rings. The lowest BCUT2D eigenvalue weighted by molar-refractivity contribution is -0.272. The predicted molar refractivity (Wildman–Crippen MR) is 36.0 cm³/mol. The van der Waals surface area contributed by atoms with Crippen molar-refractivity contribution in [2.24, 2.45) is 5.16 Å². The highest BCUT2D eigenvalue weighted by Crippen LogP contribution is 1.90. The summed E-state index contributed by atoms with van der Waals surface area (Å²) >= 11 is 0. The quantitative estimate of drug-likeness (QED) is 0.327. The predicted octanol–water partition coefficient (Wildman–Crippen LogP) is 1.52. The van der Waals surface area contributed by atoms with Crippen molar-refractivity contribution in [2.45, 2.75) is 13.3 Å². The monoisotopic (exact) mass is 129 g/mol.